The Bertz CT molecular complexity index is 820. The van der Waals surface area contributed by atoms with Crippen molar-refractivity contribution >= 4 is 22.9 Å². The number of nitrogens with one attached hydrogen (secondary N) is 1. The van der Waals surface area contributed by atoms with Crippen LogP contribution in [0.15, 0.2) is 45.6 Å². The third-order valence-corrected chi connectivity index (χ3v) is 3.86. The van der Waals surface area contributed by atoms with Crippen molar-refractivity contribution in [3.63, 3.8) is 0 Å². The average molecular weight is 365 g/mol. The van der Waals surface area contributed by atoms with Crippen LogP contribution < -0.4 is 10.1 Å². The van der Waals surface area contributed by atoms with Gasteiger partial charge in [0.15, 0.2) is 0 Å². The minimum absolute atomic E-state index is 0.0276. The number of carbonyl (C=O) groups is 1. The van der Waals surface area contributed by atoms with Crippen molar-refractivity contribution in [3.8, 4) is 17.1 Å². The number of halogens is 2. The zero-order valence-electron chi connectivity index (χ0n) is 12.8. The molecule has 3 aromatic rings. The second-order valence-corrected chi connectivity index (χ2v) is 5.75. The number of ether oxygens (including phenoxy) is 1. The van der Waals surface area contributed by atoms with Gasteiger partial charge in [-0.15, -0.1) is 0 Å². The van der Waals surface area contributed by atoms with E-state index < -0.39 is 6.61 Å². The third-order valence-electron chi connectivity index (χ3n) is 3.18. The summed E-state index contributed by atoms with van der Waals surface area (Å²) in [5.41, 5.74) is 1.35. The molecule has 1 aromatic carbocycles. The smallest absolute Gasteiger partial charge is 0.387 e. The SMILES string of the molecule is O=C(CCc1nc(-c2ccsc2)no1)Nc1ccc(OC(F)F)cc1. The van der Waals surface area contributed by atoms with Gasteiger partial charge < -0.3 is 14.6 Å². The number of hydrogen-bond acceptors (Lipinski definition) is 6. The second-order valence-electron chi connectivity index (χ2n) is 4.97. The highest BCUT2D eigenvalue weighted by molar-refractivity contribution is 7.08. The van der Waals surface area contributed by atoms with Crippen LogP contribution in [0.4, 0.5) is 14.5 Å². The minimum Gasteiger partial charge on any atom is -0.435 e. The standard InChI is InChI=1S/C16H13F2N3O3S/c17-16(18)23-12-3-1-11(2-4-12)19-13(22)5-6-14-20-15(21-24-14)10-7-8-25-9-10/h1-4,7-9,16H,5-6H2,(H,19,22). The quantitative estimate of drug-likeness (QED) is 0.685. The van der Waals surface area contributed by atoms with Gasteiger partial charge in [-0.3, -0.25) is 4.79 Å². The molecule has 0 aliphatic carbocycles. The molecule has 0 saturated heterocycles. The number of rotatable bonds is 7. The first-order chi connectivity index (χ1) is 12.1. The van der Waals surface area contributed by atoms with E-state index in [4.69, 9.17) is 4.52 Å². The molecular formula is C16H13F2N3O3S. The second kappa shape index (κ2) is 7.84. The van der Waals surface area contributed by atoms with E-state index in [-0.39, 0.29) is 18.1 Å². The van der Waals surface area contributed by atoms with E-state index in [1.807, 2.05) is 16.8 Å². The summed E-state index contributed by atoms with van der Waals surface area (Å²) in [6.07, 6.45) is 0.454. The van der Waals surface area contributed by atoms with Crippen LogP contribution in [0, 0.1) is 0 Å². The highest BCUT2D eigenvalue weighted by atomic mass is 32.1. The van der Waals surface area contributed by atoms with Crippen molar-refractivity contribution in [2.75, 3.05) is 5.32 Å². The van der Waals surface area contributed by atoms with E-state index in [2.05, 4.69) is 20.2 Å². The van der Waals surface area contributed by atoms with Crippen LogP contribution in [0.3, 0.4) is 0 Å². The molecule has 0 radical (unpaired) electrons. The molecule has 1 N–H and O–H groups in total. The van der Waals surface area contributed by atoms with Crippen LogP contribution in [0.25, 0.3) is 11.4 Å². The predicted molar refractivity (Wildman–Crippen MR) is 87.6 cm³/mol. The maximum atomic E-state index is 12.1. The molecule has 0 unspecified atom stereocenters. The summed E-state index contributed by atoms with van der Waals surface area (Å²) in [7, 11) is 0. The summed E-state index contributed by atoms with van der Waals surface area (Å²) in [5, 5.41) is 10.3. The normalized spacial score (nSPS) is 10.8. The molecular weight excluding hydrogens is 352 g/mol. The number of thiophene rings is 1. The van der Waals surface area contributed by atoms with Crippen molar-refractivity contribution in [1.29, 1.82) is 0 Å². The lowest BCUT2D eigenvalue weighted by Crippen LogP contribution is -2.12. The van der Waals surface area contributed by atoms with Gasteiger partial charge in [0.25, 0.3) is 0 Å². The fraction of sp³-hybridized carbons (Fsp3) is 0.188. The van der Waals surface area contributed by atoms with Gasteiger partial charge in [0.05, 0.1) is 0 Å². The first-order valence-electron chi connectivity index (χ1n) is 7.30. The topological polar surface area (TPSA) is 77.2 Å². The lowest BCUT2D eigenvalue weighted by Gasteiger charge is -2.07. The van der Waals surface area contributed by atoms with Gasteiger partial charge in [-0.2, -0.15) is 25.1 Å². The molecule has 6 nitrogen and oxygen atoms in total. The molecule has 0 aliphatic rings. The Labute approximate surface area is 145 Å². The van der Waals surface area contributed by atoms with Gasteiger partial charge in [0.2, 0.25) is 17.6 Å². The van der Waals surface area contributed by atoms with Crippen molar-refractivity contribution in [1.82, 2.24) is 10.1 Å². The Morgan fingerprint density at radius 1 is 1.28 bits per heavy atom. The summed E-state index contributed by atoms with van der Waals surface area (Å²) in [5.74, 6) is 0.640. The molecule has 25 heavy (non-hydrogen) atoms. The van der Waals surface area contributed by atoms with E-state index in [0.29, 0.717) is 23.8 Å². The fourth-order valence-corrected chi connectivity index (χ4v) is 2.66. The molecule has 130 valence electrons. The number of aryl methyl sites for hydroxylation is 1. The maximum absolute atomic E-state index is 12.1. The molecule has 1 amide bonds. The lowest BCUT2D eigenvalue weighted by atomic mass is 10.2. The van der Waals surface area contributed by atoms with Crippen LogP contribution >= 0.6 is 11.3 Å². The van der Waals surface area contributed by atoms with E-state index in [1.54, 1.807) is 0 Å². The Hall–Kier alpha value is -2.81. The van der Waals surface area contributed by atoms with Gasteiger partial charge >= 0.3 is 6.61 Å². The van der Waals surface area contributed by atoms with Crippen molar-refractivity contribution in [2.45, 2.75) is 19.5 Å². The number of nitrogens with zero attached hydrogens (tertiary/aromatic N) is 2. The molecule has 3 rings (SSSR count). The zero-order chi connectivity index (χ0) is 17.6. The molecule has 0 bridgehead atoms. The first-order valence-corrected chi connectivity index (χ1v) is 8.24. The predicted octanol–water partition coefficient (Wildman–Crippen LogP) is 3.97. The van der Waals surface area contributed by atoms with Gasteiger partial charge in [0.1, 0.15) is 5.75 Å². The zero-order valence-corrected chi connectivity index (χ0v) is 13.6. The van der Waals surface area contributed by atoms with Crippen LogP contribution in [-0.2, 0) is 11.2 Å². The van der Waals surface area contributed by atoms with E-state index in [1.165, 1.54) is 35.6 Å². The number of carbonyl (C=O) groups excluding carboxylic acids is 1. The Kier molecular flexibility index (Phi) is 5.34. The summed E-state index contributed by atoms with van der Waals surface area (Å²) in [6.45, 7) is -2.88. The molecule has 0 fully saturated rings. The number of hydrogen-bond donors (Lipinski definition) is 1. The summed E-state index contributed by atoms with van der Waals surface area (Å²) >= 11 is 1.53. The highest BCUT2D eigenvalue weighted by Gasteiger charge is 2.11. The molecule has 2 aromatic heterocycles. The van der Waals surface area contributed by atoms with Crippen LogP contribution in [-0.4, -0.2) is 22.7 Å². The van der Waals surface area contributed by atoms with Gasteiger partial charge in [0, 0.05) is 29.5 Å². The maximum Gasteiger partial charge on any atom is 0.387 e. The Morgan fingerprint density at radius 2 is 2.08 bits per heavy atom. The molecule has 0 atom stereocenters. The van der Waals surface area contributed by atoms with Gasteiger partial charge in [-0.05, 0) is 35.7 Å². The number of alkyl halides is 2. The van der Waals surface area contributed by atoms with Crippen molar-refractivity contribution in [2.24, 2.45) is 0 Å². The van der Waals surface area contributed by atoms with Crippen molar-refractivity contribution in [3.05, 3.63) is 47.0 Å². The molecule has 0 spiro atoms. The van der Waals surface area contributed by atoms with Gasteiger partial charge in [-0.25, -0.2) is 0 Å². The highest BCUT2D eigenvalue weighted by Crippen LogP contribution is 2.20. The molecule has 0 saturated carbocycles. The summed E-state index contributed by atoms with van der Waals surface area (Å²) in [6, 6.07) is 7.56. The van der Waals surface area contributed by atoms with Crippen LogP contribution in [0.2, 0.25) is 0 Å². The number of amides is 1. The molecule has 2 heterocycles. The Morgan fingerprint density at radius 3 is 2.76 bits per heavy atom. The molecule has 9 heteroatoms. The van der Waals surface area contributed by atoms with Gasteiger partial charge in [-0.1, -0.05) is 5.16 Å². The average Bonchev–Trinajstić information content (AvgIpc) is 3.25. The number of benzene rings is 1. The van der Waals surface area contributed by atoms with E-state index in [0.717, 1.165) is 5.56 Å². The Balaban J connectivity index is 1.49. The lowest BCUT2D eigenvalue weighted by molar-refractivity contribution is -0.116. The first kappa shape index (κ1) is 17.0. The fourth-order valence-electron chi connectivity index (χ4n) is 2.03. The number of anilines is 1. The molecule has 0 aliphatic heterocycles. The monoisotopic (exact) mass is 365 g/mol. The largest absolute Gasteiger partial charge is 0.435 e. The summed E-state index contributed by atoms with van der Waals surface area (Å²) in [4.78, 5) is 16.2. The summed E-state index contributed by atoms with van der Waals surface area (Å²) < 4.78 is 33.5. The van der Waals surface area contributed by atoms with E-state index in [9.17, 15) is 13.6 Å². The number of aromatic nitrogens is 2. The van der Waals surface area contributed by atoms with Crippen LogP contribution in [0.1, 0.15) is 12.3 Å². The third kappa shape index (κ3) is 4.83. The van der Waals surface area contributed by atoms with E-state index >= 15 is 0 Å². The van der Waals surface area contributed by atoms with Crippen LogP contribution in [0.5, 0.6) is 5.75 Å². The van der Waals surface area contributed by atoms with Crippen molar-refractivity contribution < 1.29 is 22.8 Å². The minimum atomic E-state index is -2.88.